The standard InChI is InChI=1S/C26H31Cl2N5O2/c1-6-14-32(25(35)29-19-12-9-11-18(27)24(19)28)16-23(34)30-22-15-21(26(3,4)5)31-33(22)20-13-8-7-10-17(20)2/h7-13,15H,6,14,16H2,1-5H3,(H,29,35)(H,30,34). The maximum absolute atomic E-state index is 13.1. The highest BCUT2D eigenvalue weighted by atomic mass is 35.5. The third-order valence-electron chi connectivity index (χ3n) is 5.40. The minimum absolute atomic E-state index is 0.137. The number of para-hydroxylation sites is 1. The van der Waals surface area contributed by atoms with E-state index in [9.17, 15) is 9.59 Å². The van der Waals surface area contributed by atoms with E-state index in [1.807, 2.05) is 44.2 Å². The fraction of sp³-hybridized carbons (Fsp3) is 0.346. The zero-order valence-corrected chi connectivity index (χ0v) is 22.2. The zero-order valence-electron chi connectivity index (χ0n) is 20.7. The van der Waals surface area contributed by atoms with Gasteiger partial charge in [0.25, 0.3) is 0 Å². The second-order valence-electron chi connectivity index (χ2n) is 9.36. The van der Waals surface area contributed by atoms with E-state index in [1.54, 1.807) is 22.9 Å². The van der Waals surface area contributed by atoms with E-state index in [1.165, 1.54) is 4.90 Å². The summed E-state index contributed by atoms with van der Waals surface area (Å²) in [5.74, 6) is 0.213. The molecular weight excluding hydrogens is 485 g/mol. The summed E-state index contributed by atoms with van der Waals surface area (Å²) in [7, 11) is 0. The van der Waals surface area contributed by atoms with Gasteiger partial charge in [0.05, 0.1) is 27.1 Å². The predicted molar refractivity (Wildman–Crippen MR) is 143 cm³/mol. The van der Waals surface area contributed by atoms with Crippen LogP contribution in [0.4, 0.5) is 16.3 Å². The second-order valence-corrected chi connectivity index (χ2v) is 10.1. The highest BCUT2D eigenvalue weighted by Crippen LogP contribution is 2.30. The molecule has 3 amide bonds. The molecule has 7 nitrogen and oxygen atoms in total. The Kier molecular flexibility index (Phi) is 8.46. The highest BCUT2D eigenvalue weighted by Gasteiger charge is 2.23. The van der Waals surface area contributed by atoms with Gasteiger partial charge in [0, 0.05) is 18.0 Å². The Morgan fingerprint density at radius 3 is 2.43 bits per heavy atom. The van der Waals surface area contributed by atoms with Crippen LogP contribution in [0.5, 0.6) is 0 Å². The van der Waals surface area contributed by atoms with Crippen LogP contribution in [-0.2, 0) is 10.2 Å². The quantitative estimate of drug-likeness (QED) is 0.368. The van der Waals surface area contributed by atoms with E-state index in [2.05, 4.69) is 31.4 Å². The van der Waals surface area contributed by atoms with Crippen molar-refractivity contribution < 1.29 is 9.59 Å². The normalized spacial score (nSPS) is 11.3. The van der Waals surface area contributed by atoms with Gasteiger partial charge in [0.1, 0.15) is 12.4 Å². The molecule has 0 saturated heterocycles. The molecule has 9 heteroatoms. The maximum atomic E-state index is 13.1. The second kappa shape index (κ2) is 11.1. The smallest absolute Gasteiger partial charge is 0.315 e. The molecule has 1 aromatic heterocycles. The van der Waals surface area contributed by atoms with Crippen molar-refractivity contribution >= 4 is 46.6 Å². The number of carbonyl (C=O) groups is 2. The monoisotopic (exact) mass is 515 g/mol. The molecule has 0 aliphatic rings. The van der Waals surface area contributed by atoms with Crippen molar-refractivity contribution in [3.8, 4) is 5.69 Å². The lowest BCUT2D eigenvalue weighted by atomic mass is 9.92. The number of amides is 3. The Balaban J connectivity index is 1.82. The van der Waals surface area contributed by atoms with Crippen LogP contribution >= 0.6 is 23.2 Å². The summed E-state index contributed by atoms with van der Waals surface area (Å²) in [6.07, 6.45) is 0.680. The van der Waals surface area contributed by atoms with Gasteiger partial charge in [-0.05, 0) is 37.1 Å². The van der Waals surface area contributed by atoms with Gasteiger partial charge in [-0.15, -0.1) is 0 Å². The van der Waals surface area contributed by atoms with Gasteiger partial charge in [-0.2, -0.15) is 5.10 Å². The average molecular weight is 516 g/mol. The van der Waals surface area contributed by atoms with Crippen LogP contribution in [0.25, 0.3) is 5.69 Å². The van der Waals surface area contributed by atoms with Crippen molar-refractivity contribution in [1.29, 1.82) is 0 Å². The number of hydrogen-bond donors (Lipinski definition) is 2. The number of benzene rings is 2. The molecule has 0 spiro atoms. The first kappa shape index (κ1) is 26.6. The van der Waals surface area contributed by atoms with Gasteiger partial charge in [-0.1, -0.05) is 75.2 Å². The van der Waals surface area contributed by atoms with Crippen LogP contribution in [0, 0.1) is 6.92 Å². The van der Waals surface area contributed by atoms with Gasteiger partial charge in [-0.25, -0.2) is 9.48 Å². The summed E-state index contributed by atoms with van der Waals surface area (Å²) in [4.78, 5) is 27.5. The first-order chi connectivity index (χ1) is 16.5. The first-order valence-electron chi connectivity index (χ1n) is 11.5. The van der Waals surface area contributed by atoms with Crippen LogP contribution in [0.2, 0.25) is 10.0 Å². The molecule has 35 heavy (non-hydrogen) atoms. The van der Waals surface area contributed by atoms with Crippen LogP contribution in [0.3, 0.4) is 0 Å². The number of aromatic nitrogens is 2. The summed E-state index contributed by atoms with van der Waals surface area (Å²) in [5, 5.41) is 11.1. The number of nitrogens with one attached hydrogen (secondary N) is 2. The van der Waals surface area contributed by atoms with E-state index in [-0.39, 0.29) is 22.9 Å². The van der Waals surface area contributed by atoms with Crippen LogP contribution < -0.4 is 10.6 Å². The molecule has 0 radical (unpaired) electrons. The van der Waals surface area contributed by atoms with Crippen molar-refractivity contribution in [3.05, 3.63) is 69.8 Å². The van der Waals surface area contributed by atoms with E-state index in [0.29, 0.717) is 29.5 Å². The molecule has 0 aliphatic heterocycles. The Morgan fingerprint density at radius 2 is 1.77 bits per heavy atom. The number of aryl methyl sites for hydroxylation is 1. The first-order valence-corrected chi connectivity index (χ1v) is 12.2. The summed E-state index contributed by atoms with van der Waals surface area (Å²) in [6, 6.07) is 14.3. The van der Waals surface area contributed by atoms with Gasteiger partial charge in [0.15, 0.2) is 0 Å². The average Bonchev–Trinajstić information content (AvgIpc) is 3.21. The van der Waals surface area contributed by atoms with Crippen LogP contribution in [-0.4, -0.2) is 39.7 Å². The van der Waals surface area contributed by atoms with Crippen molar-refractivity contribution in [2.45, 2.75) is 46.5 Å². The Bertz CT molecular complexity index is 1220. The lowest BCUT2D eigenvalue weighted by molar-refractivity contribution is -0.116. The molecule has 0 saturated carbocycles. The lowest BCUT2D eigenvalue weighted by Gasteiger charge is -2.22. The molecule has 0 bridgehead atoms. The summed E-state index contributed by atoms with van der Waals surface area (Å²) in [5.41, 5.74) is 2.92. The fourth-order valence-electron chi connectivity index (χ4n) is 3.49. The van der Waals surface area contributed by atoms with E-state index >= 15 is 0 Å². The Labute approximate surface area is 216 Å². The van der Waals surface area contributed by atoms with Crippen LogP contribution in [0.1, 0.15) is 45.4 Å². The van der Waals surface area contributed by atoms with Crippen molar-refractivity contribution in [1.82, 2.24) is 14.7 Å². The number of halogens is 2. The fourth-order valence-corrected chi connectivity index (χ4v) is 3.84. The Hall–Kier alpha value is -3.03. The Morgan fingerprint density at radius 1 is 1.06 bits per heavy atom. The number of carbonyl (C=O) groups excluding carboxylic acids is 2. The molecule has 0 fully saturated rings. The largest absolute Gasteiger partial charge is 0.322 e. The molecule has 2 N–H and O–H groups in total. The minimum atomic E-state index is -0.436. The molecule has 186 valence electrons. The van der Waals surface area contributed by atoms with E-state index in [4.69, 9.17) is 28.3 Å². The highest BCUT2D eigenvalue weighted by molar-refractivity contribution is 6.43. The van der Waals surface area contributed by atoms with E-state index < -0.39 is 6.03 Å². The summed E-state index contributed by atoms with van der Waals surface area (Å²) in [6.45, 7) is 10.4. The maximum Gasteiger partial charge on any atom is 0.322 e. The lowest BCUT2D eigenvalue weighted by Crippen LogP contribution is -2.41. The molecule has 3 rings (SSSR count). The molecule has 3 aromatic rings. The molecule has 0 unspecified atom stereocenters. The van der Waals surface area contributed by atoms with Gasteiger partial charge < -0.3 is 15.5 Å². The third kappa shape index (κ3) is 6.55. The van der Waals surface area contributed by atoms with E-state index in [0.717, 1.165) is 16.9 Å². The van der Waals surface area contributed by atoms with Crippen molar-refractivity contribution in [3.63, 3.8) is 0 Å². The SMILES string of the molecule is CCCN(CC(=O)Nc1cc(C(C)(C)C)nn1-c1ccccc1C)C(=O)Nc1cccc(Cl)c1Cl. The number of nitrogens with zero attached hydrogens (tertiary/aromatic N) is 3. The molecule has 1 heterocycles. The zero-order chi connectivity index (χ0) is 25.8. The number of anilines is 2. The number of hydrogen-bond acceptors (Lipinski definition) is 3. The van der Waals surface area contributed by atoms with Crippen molar-refractivity contribution in [2.24, 2.45) is 0 Å². The number of rotatable bonds is 7. The number of urea groups is 1. The van der Waals surface area contributed by atoms with Crippen molar-refractivity contribution in [2.75, 3.05) is 23.7 Å². The summed E-state index contributed by atoms with van der Waals surface area (Å²) >= 11 is 12.3. The third-order valence-corrected chi connectivity index (χ3v) is 6.22. The molecule has 0 aliphatic carbocycles. The van der Waals surface area contributed by atoms with Gasteiger partial charge in [-0.3, -0.25) is 4.79 Å². The van der Waals surface area contributed by atoms with Crippen LogP contribution in [0.15, 0.2) is 48.5 Å². The topological polar surface area (TPSA) is 79.3 Å². The predicted octanol–water partition coefficient (Wildman–Crippen LogP) is 6.67. The van der Waals surface area contributed by atoms with Gasteiger partial charge in [0.2, 0.25) is 5.91 Å². The summed E-state index contributed by atoms with van der Waals surface area (Å²) < 4.78 is 1.74. The van der Waals surface area contributed by atoms with Gasteiger partial charge >= 0.3 is 6.03 Å². The molecule has 2 aromatic carbocycles. The minimum Gasteiger partial charge on any atom is -0.315 e. The molecular formula is C26H31Cl2N5O2. The molecule has 0 atom stereocenters.